The Morgan fingerprint density at radius 2 is 2.05 bits per heavy atom. The maximum atomic E-state index is 6.12. The van der Waals surface area contributed by atoms with Crippen LogP contribution in [0, 0.1) is 0 Å². The summed E-state index contributed by atoms with van der Waals surface area (Å²) < 4.78 is 0. The zero-order valence-electron chi connectivity index (χ0n) is 11.6. The van der Waals surface area contributed by atoms with Gasteiger partial charge in [-0.25, -0.2) is 4.98 Å². The highest BCUT2D eigenvalue weighted by molar-refractivity contribution is 6.30. The quantitative estimate of drug-likeness (QED) is 0.835. The molecule has 2 aromatic rings. The molecular weight excluding hydrogens is 268 g/mol. The highest BCUT2D eigenvalue weighted by Gasteiger charge is 2.52. The summed E-state index contributed by atoms with van der Waals surface area (Å²) in [6.07, 6.45) is 4.06. The molecule has 0 aliphatic heterocycles. The van der Waals surface area contributed by atoms with E-state index in [-0.39, 0.29) is 5.54 Å². The minimum Gasteiger partial charge on any atom is -0.306 e. The summed E-state index contributed by atoms with van der Waals surface area (Å²) in [5.41, 5.74) is 2.72. The summed E-state index contributed by atoms with van der Waals surface area (Å²) in [6.45, 7) is 3.03. The fourth-order valence-corrected chi connectivity index (χ4v) is 3.15. The van der Waals surface area contributed by atoms with Crippen molar-refractivity contribution in [2.24, 2.45) is 0 Å². The molecule has 0 amide bonds. The molecule has 3 heteroatoms. The lowest BCUT2D eigenvalue weighted by molar-refractivity contribution is 0.467. The molecule has 104 valence electrons. The van der Waals surface area contributed by atoms with Crippen molar-refractivity contribution >= 4 is 11.6 Å². The van der Waals surface area contributed by atoms with Gasteiger partial charge in [-0.2, -0.15) is 0 Å². The van der Waals surface area contributed by atoms with Gasteiger partial charge in [0.25, 0.3) is 0 Å². The first-order chi connectivity index (χ1) is 9.75. The topological polar surface area (TPSA) is 24.9 Å². The van der Waals surface area contributed by atoms with Crippen LogP contribution >= 0.6 is 11.6 Å². The molecule has 1 aromatic carbocycles. The Kier molecular flexibility index (Phi) is 3.77. The predicted molar refractivity (Wildman–Crippen MR) is 82.9 cm³/mol. The number of benzene rings is 1. The van der Waals surface area contributed by atoms with Crippen LogP contribution in [0.25, 0.3) is 0 Å². The predicted octanol–water partition coefficient (Wildman–Crippen LogP) is 4.16. The number of aromatic nitrogens is 1. The minimum absolute atomic E-state index is 0.223. The number of nitrogens with zero attached hydrogens (tertiary/aromatic N) is 1. The average molecular weight is 287 g/mol. The largest absolute Gasteiger partial charge is 0.306 e. The van der Waals surface area contributed by atoms with Gasteiger partial charge in [0.1, 0.15) is 5.15 Å². The standard InChI is InChI=1S/C17H19ClN2/c1-2-17(11-15(17)13-7-4-3-5-8-13)20-12-14-9-6-10-19-16(14)18/h3-10,15,20H,2,11-12H2,1H3. The van der Waals surface area contributed by atoms with Gasteiger partial charge in [-0.1, -0.05) is 54.9 Å². The molecule has 3 rings (SSSR count). The van der Waals surface area contributed by atoms with Crippen molar-refractivity contribution < 1.29 is 0 Å². The first-order valence-electron chi connectivity index (χ1n) is 7.14. The van der Waals surface area contributed by atoms with E-state index in [1.165, 1.54) is 12.0 Å². The molecule has 2 atom stereocenters. The van der Waals surface area contributed by atoms with E-state index in [4.69, 9.17) is 11.6 Å². The molecule has 0 bridgehead atoms. The molecule has 2 nitrogen and oxygen atoms in total. The summed E-state index contributed by atoms with van der Waals surface area (Å²) in [5, 5.41) is 4.30. The lowest BCUT2D eigenvalue weighted by Gasteiger charge is -2.18. The summed E-state index contributed by atoms with van der Waals surface area (Å²) in [7, 11) is 0. The Morgan fingerprint density at radius 1 is 1.25 bits per heavy atom. The van der Waals surface area contributed by atoms with Gasteiger partial charge in [0.15, 0.2) is 0 Å². The molecule has 1 aliphatic rings. The Morgan fingerprint density at radius 3 is 2.75 bits per heavy atom. The van der Waals surface area contributed by atoms with Crippen molar-refractivity contribution in [1.82, 2.24) is 10.3 Å². The van der Waals surface area contributed by atoms with Crippen LogP contribution in [0.1, 0.15) is 36.8 Å². The SMILES string of the molecule is CCC1(NCc2cccnc2Cl)CC1c1ccccc1. The van der Waals surface area contributed by atoms with Gasteiger partial charge in [-0.3, -0.25) is 0 Å². The maximum Gasteiger partial charge on any atom is 0.133 e. The van der Waals surface area contributed by atoms with Gasteiger partial charge in [-0.15, -0.1) is 0 Å². The van der Waals surface area contributed by atoms with Crippen LogP contribution in [-0.4, -0.2) is 10.5 Å². The summed E-state index contributed by atoms with van der Waals surface area (Å²) in [5.74, 6) is 0.615. The van der Waals surface area contributed by atoms with Crippen LogP contribution in [0.15, 0.2) is 48.7 Å². The maximum absolute atomic E-state index is 6.12. The van der Waals surface area contributed by atoms with Gasteiger partial charge in [0.05, 0.1) is 0 Å². The van der Waals surface area contributed by atoms with E-state index in [0.29, 0.717) is 11.1 Å². The van der Waals surface area contributed by atoms with Crippen molar-refractivity contribution in [1.29, 1.82) is 0 Å². The first-order valence-corrected chi connectivity index (χ1v) is 7.52. The normalized spacial score (nSPS) is 24.6. The highest BCUT2D eigenvalue weighted by Crippen LogP contribution is 2.53. The third-order valence-electron chi connectivity index (χ3n) is 4.38. The molecule has 20 heavy (non-hydrogen) atoms. The third-order valence-corrected chi connectivity index (χ3v) is 4.72. The van der Waals surface area contributed by atoms with Crippen LogP contribution in [0.5, 0.6) is 0 Å². The number of hydrogen-bond donors (Lipinski definition) is 1. The molecule has 1 aliphatic carbocycles. The van der Waals surface area contributed by atoms with Gasteiger partial charge in [0.2, 0.25) is 0 Å². The smallest absolute Gasteiger partial charge is 0.133 e. The molecule has 0 radical (unpaired) electrons. The van der Waals surface area contributed by atoms with E-state index in [1.54, 1.807) is 6.20 Å². The van der Waals surface area contributed by atoms with Crippen LogP contribution in [0.4, 0.5) is 0 Å². The van der Waals surface area contributed by atoms with Crippen molar-refractivity contribution in [3.05, 3.63) is 64.9 Å². The second kappa shape index (κ2) is 5.55. The van der Waals surface area contributed by atoms with E-state index in [0.717, 1.165) is 18.5 Å². The van der Waals surface area contributed by atoms with Crippen LogP contribution in [-0.2, 0) is 6.54 Å². The zero-order valence-corrected chi connectivity index (χ0v) is 12.4. The molecule has 1 N–H and O–H groups in total. The van der Waals surface area contributed by atoms with Crippen molar-refractivity contribution in [3.63, 3.8) is 0 Å². The number of halogens is 1. The average Bonchev–Trinajstić information content (AvgIpc) is 3.23. The van der Waals surface area contributed by atoms with Gasteiger partial charge >= 0.3 is 0 Å². The van der Waals surface area contributed by atoms with E-state index in [1.807, 2.05) is 12.1 Å². The van der Waals surface area contributed by atoms with Gasteiger partial charge < -0.3 is 5.32 Å². The summed E-state index contributed by atoms with van der Waals surface area (Å²) in [4.78, 5) is 4.13. The minimum atomic E-state index is 0.223. The summed E-state index contributed by atoms with van der Waals surface area (Å²) in [6, 6.07) is 14.7. The second-order valence-electron chi connectivity index (χ2n) is 5.48. The monoisotopic (exact) mass is 286 g/mol. The van der Waals surface area contributed by atoms with Crippen molar-refractivity contribution in [2.45, 2.75) is 37.8 Å². The van der Waals surface area contributed by atoms with Crippen molar-refractivity contribution in [3.8, 4) is 0 Å². The Labute approximate surface area is 125 Å². The number of nitrogens with one attached hydrogen (secondary N) is 1. The van der Waals surface area contributed by atoms with E-state index in [2.05, 4.69) is 47.6 Å². The lowest BCUT2D eigenvalue weighted by Crippen LogP contribution is -2.32. The van der Waals surface area contributed by atoms with Crippen molar-refractivity contribution in [2.75, 3.05) is 0 Å². The molecule has 0 spiro atoms. The fourth-order valence-electron chi connectivity index (χ4n) is 2.96. The van der Waals surface area contributed by atoms with Gasteiger partial charge in [-0.05, 0) is 24.5 Å². The molecule has 0 saturated heterocycles. The zero-order chi connectivity index (χ0) is 14.0. The Bertz CT molecular complexity index is 585. The molecule has 1 saturated carbocycles. The molecular formula is C17H19ClN2. The van der Waals surface area contributed by atoms with Crippen LogP contribution in [0.2, 0.25) is 5.15 Å². The Hall–Kier alpha value is -1.38. The van der Waals surface area contributed by atoms with Gasteiger partial charge in [0, 0.05) is 29.8 Å². The Balaban J connectivity index is 1.69. The number of hydrogen-bond acceptors (Lipinski definition) is 2. The van der Waals surface area contributed by atoms with E-state index in [9.17, 15) is 0 Å². The molecule has 1 heterocycles. The fraction of sp³-hybridized carbons (Fsp3) is 0.353. The molecule has 1 fully saturated rings. The number of rotatable bonds is 5. The number of pyridine rings is 1. The lowest BCUT2D eigenvalue weighted by atomic mass is 10.0. The van der Waals surface area contributed by atoms with E-state index >= 15 is 0 Å². The third kappa shape index (κ3) is 2.58. The molecule has 1 aromatic heterocycles. The molecule has 2 unspecified atom stereocenters. The summed E-state index contributed by atoms with van der Waals surface area (Å²) >= 11 is 6.12. The van der Waals surface area contributed by atoms with E-state index < -0.39 is 0 Å². The second-order valence-corrected chi connectivity index (χ2v) is 5.84. The first kappa shape index (κ1) is 13.6. The van der Waals surface area contributed by atoms with Crippen LogP contribution < -0.4 is 5.32 Å². The van der Waals surface area contributed by atoms with Crippen LogP contribution in [0.3, 0.4) is 0 Å². The highest BCUT2D eigenvalue weighted by atomic mass is 35.5.